The van der Waals surface area contributed by atoms with Gasteiger partial charge in [-0.15, -0.1) is 0 Å². The fourth-order valence-corrected chi connectivity index (χ4v) is 2.70. The minimum absolute atomic E-state index is 0.243. The monoisotopic (exact) mass is 318 g/mol. The van der Waals surface area contributed by atoms with Gasteiger partial charge in [-0.3, -0.25) is 10.2 Å². The van der Waals surface area contributed by atoms with Crippen LogP contribution in [-0.2, 0) is 6.54 Å². The third-order valence-electron chi connectivity index (χ3n) is 3.08. The van der Waals surface area contributed by atoms with Gasteiger partial charge >= 0.3 is 0 Å². The van der Waals surface area contributed by atoms with Crippen LogP contribution in [0.2, 0.25) is 0 Å². The van der Waals surface area contributed by atoms with Crippen molar-refractivity contribution < 1.29 is 4.39 Å². The van der Waals surface area contributed by atoms with Gasteiger partial charge in [0.2, 0.25) is 0 Å². The van der Waals surface area contributed by atoms with Crippen LogP contribution in [0.4, 0.5) is 4.39 Å². The molecule has 0 aliphatic carbocycles. The van der Waals surface area contributed by atoms with Crippen LogP contribution in [0.1, 0.15) is 5.56 Å². The standard InChI is InChI=1S/C14H15FN6S/c15-12-3-1-10(2-4-12)13-11(8-18-20-13)7-16-5-6-22-14-17-9-19-21-14/h1-4,8-9,16H,5-7H2,(H,18,20)(H,17,19,21). The predicted octanol–water partition coefficient (Wildman–Crippen LogP) is 2.22. The van der Waals surface area contributed by atoms with E-state index in [1.54, 1.807) is 30.1 Å². The zero-order chi connectivity index (χ0) is 15.2. The van der Waals surface area contributed by atoms with E-state index in [2.05, 4.69) is 30.7 Å². The maximum Gasteiger partial charge on any atom is 0.183 e. The van der Waals surface area contributed by atoms with Crippen LogP contribution in [-0.4, -0.2) is 37.7 Å². The fraction of sp³-hybridized carbons (Fsp3) is 0.214. The number of aromatic nitrogens is 5. The van der Waals surface area contributed by atoms with Crippen LogP contribution in [0.25, 0.3) is 11.3 Å². The van der Waals surface area contributed by atoms with Gasteiger partial charge < -0.3 is 5.32 Å². The van der Waals surface area contributed by atoms with Gasteiger partial charge in [0.05, 0.1) is 11.9 Å². The number of hydrogen-bond acceptors (Lipinski definition) is 5. The fourth-order valence-electron chi connectivity index (χ4n) is 2.02. The zero-order valence-electron chi connectivity index (χ0n) is 11.7. The smallest absolute Gasteiger partial charge is 0.183 e. The average Bonchev–Trinajstić information content (AvgIpc) is 3.19. The second kappa shape index (κ2) is 7.19. The molecule has 2 aromatic heterocycles. The summed E-state index contributed by atoms with van der Waals surface area (Å²) in [6.07, 6.45) is 3.28. The Morgan fingerprint density at radius 1 is 1.14 bits per heavy atom. The SMILES string of the molecule is Fc1ccc(-c2[nH]ncc2CNCCSc2ncn[nH]2)cc1. The van der Waals surface area contributed by atoms with Gasteiger partial charge in [0, 0.05) is 30.0 Å². The van der Waals surface area contributed by atoms with Crippen molar-refractivity contribution in [2.75, 3.05) is 12.3 Å². The summed E-state index contributed by atoms with van der Waals surface area (Å²) in [7, 11) is 0. The number of rotatable bonds is 7. The first-order valence-corrected chi connectivity index (χ1v) is 7.78. The molecule has 3 N–H and O–H groups in total. The van der Waals surface area contributed by atoms with Crippen LogP contribution in [0.15, 0.2) is 41.9 Å². The lowest BCUT2D eigenvalue weighted by Crippen LogP contribution is -2.16. The van der Waals surface area contributed by atoms with Gasteiger partial charge in [0.25, 0.3) is 0 Å². The normalized spacial score (nSPS) is 11.0. The minimum atomic E-state index is -0.243. The molecule has 22 heavy (non-hydrogen) atoms. The molecule has 0 saturated carbocycles. The summed E-state index contributed by atoms with van der Waals surface area (Å²) in [5.74, 6) is 0.645. The first-order chi connectivity index (χ1) is 10.8. The molecule has 0 spiro atoms. The van der Waals surface area contributed by atoms with E-state index in [1.165, 1.54) is 18.5 Å². The van der Waals surface area contributed by atoms with Gasteiger partial charge in [-0.05, 0) is 24.3 Å². The van der Waals surface area contributed by atoms with Crippen LogP contribution in [0, 0.1) is 5.82 Å². The molecule has 0 radical (unpaired) electrons. The van der Waals surface area contributed by atoms with E-state index in [0.29, 0.717) is 6.54 Å². The van der Waals surface area contributed by atoms with Gasteiger partial charge in [0.15, 0.2) is 5.16 Å². The summed E-state index contributed by atoms with van der Waals surface area (Å²) in [6, 6.07) is 6.38. The molecule has 0 unspecified atom stereocenters. The Kier molecular flexibility index (Phi) is 4.81. The van der Waals surface area contributed by atoms with Crippen molar-refractivity contribution in [2.24, 2.45) is 0 Å². The Morgan fingerprint density at radius 3 is 2.77 bits per heavy atom. The third-order valence-corrected chi connectivity index (χ3v) is 3.96. The second-order valence-electron chi connectivity index (χ2n) is 4.59. The molecular weight excluding hydrogens is 303 g/mol. The lowest BCUT2D eigenvalue weighted by Gasteiger charge is -2.05. The highest BCUT2D eigenvalue weighted by molar-refractivity contribution is 7.99. The summed E-state index contributed by atoms with van der Waals surface area (Å²) < 4.78 is 13.0. The molecule has 3 aromatic rings. The van der Waals surface area contributed by atoms with E-state index >= 15 is 0 Å². The van der Waals surface area contributed by atoms with E-state index in [9.17, 15) is 4.39 Å². The topological polar surface area (TPSA) is 82.3 Å². The van der Waals surface area contributed by atoms with E-state index in [-0.39, 0.29) is 5.82 Å². The van der Waals surface area contributed by atoms with Crippen LogP contribution < -0.4 is 5.32 Å². The van der Waals surface area contributed by atoms with Crippen molar-refractivity contribution >= 4 is 11.8 Å². The molecule has 0 saturated heterocycles. The molecule has 1 aromatic carbocycles. The van der Waals surface area contributed by atoms with Gasteiger partial charge in [-0.25, -0.2) is 9.37 Å². The average molecular weight is 318 g/mol. The lowest BCUT2D eigenvalue weighted by molar-refractivity contribution is 0.628. The Morgan fingerprint density at radius 2 is 2.00 bits per heavy atom. The molecule has 114 valence electrons. The highest BCUT2D eigenvalue weighted by Crippen LogP contribution is 2.21. The molecular formula is C14H15FN6S. The van der Waals surface area contributed by atoms with Gasteiger partial charge in [-0.1, -0.05) is 11.8 Å². The number of nitrogens with zero attached hydrogens (tertiary/aromatic N) is 3. The number of nitrogens with one attached hydrogen (secondary N) is 3. The number of H-pyrrole nitrogens is 2. The largest absolute Gasteiger partial charge is 0.312 e. The molecule has 0 bridgehead atoms. The molecule has 6 nitrogen and oxygen atoms in total. The van der Waals surface area contributed by atoms with Gasteiger partial charge in [-0.2, -0.15) is 10.2 Å². The number of hydrogen-bond donors (Lipinski definition) is 3. The highest BCUT2D eigenvalue weighted by atomic mass is 32.2. The van der Waals surface area contributed by atoms with Crippen molar-refractivity contribution in [2.45, 2.75) is 11.7 Å². The maximum atomic E-state index is 13.0. The van der Waals surface area contributed by atoms with E-state index < -0.39 is 0 Å². The lowest BCUT2D eigenvalue weighted by atomic mass is 10.1. The molecule has 0 atom stereocenters. The Labute approximate surface area is 130 Å². The highest BCUT2D eigenvalue weighted by Gasteiger charge is 2.07. The van der Waals surface area contributed by atoms with E-state index in [4.69, 9.17) is 0 Å². The summed E-state index contributed by atoms with van der Waals surface area (Å²) >= 11 is 1.61. The van der Waals surface area contributed by atoms with Crippen LogP contribution in [0.3, 0.4) is 0 Å². The molecule has 8 heteroatoms. The Balaban J connectivity index is 1.51. The molecule has 0 aliphatic heterocycles. The van der Waals surface area contributed by atoms with Crippen molar-refractivity contribution in [3.63, 3.8) is 0 Å². The predicted molar refractivity (Wildman–Crippen MR) is 82.8 cm³/mol. The molecule has 2 heterocycles. The molecule has 0 aliphatic rings. The number of aromatic amines is 2. The molecule has 0 amide bonds. The summed E-state index contributed by atoms with van der Waals surface area (Å²) in [5, 5.41) is 17.8. The molecule has 0 fully saturated rings. The number of thioether (sulfide) groups is 1. The maximum absolute atomic E-state index is 13.0. The van der Waals surface area contributed by atoms with Crippen LogP contribution >= 0.6 is 11.8 Å². The van der Waals surface area contributed by atoms with E-state index in [1.807, 2.05) is 0 Å². The number of halogens is 1. The minimum Gasteiger partial charge on any atom is -0.312 e. The zero-order valence-corrected chi connectivity index (χ0v) is 12.5. The summed E-state index contributed by atoms with van der Waals surface area (Å²) in [5.41, 5.74) is 2.89. The van der Waals surface area contributed by atoms with Crippen molar-refractivity contribution in [1.82, 2.24) is 30.7 Å². The van der Waals surface area contributed by atoms with E-state index in [0.717, 1.165) is 34.3 Å². The van der Waals surface area contributed by atoms with Crippen molar-refractivity contribution in [3.8, 4) is 11.3 Å². The third kappa shape index (κ3) is 3.71. The summed E-state index contributed by atoms with van der Waals surface area (Å²) in [4.78, 5) is 4.05. The molecule has 3 rings (SSSR count). The summed E-state index contributed by atoms with van der Waals surface area (Å²) in [6.45, 7) is 1.53. The Bertz CT molecular complexity index is 694. The van der Waals surface area contributed by atoms with Gasteiger partial charge in [0.1, 0.15) is 12.1 Å². The first kappa shape index (κ1) is 14.7. The number of benzene rings is 1. The van der Waals surface area contributed by atoms with Crippen molar-refractivity contribution in [3.05, 3.63) is 48.2 Å². The first-order valence-electron chi connectivity index (χ1n) is 6.80. The van der Waals surface area contributed by atoms with Crippen LogP contribution in [0.5, 0.6) is 0 Å². The van der Waals surface area contributed by atoms with Crippen molar-refractivity contribution in [1.29, 1.82) is 0 Å². The Hall–Kier alpha value is -2.19. The quantitative estimate of drug-likeness (QED) is 0.460. The second-order valence-corrected chi connectivity index (χ2v) is 5.68.